The molecule has 2 heterocycles. The van der Waals surface area contributed by atoms with Gasteiger partial charge in [0, 0.05) is 26.1 Å². The SMILES string of the molecule is O=C1CCOc2ccc(CCO)cc21.O=C1CCOc2ccc(CCO)cc21. The molecule has 0 saturated carbocycles. The molecule has 0 aliphatic carbocycles. The van der Waals surface area contributed by atoms with Gasteiger partial charge in [0.25, 0.3) is 0 Å². The minimum absolute atomic E-state index is 0.105. The summed E-state index contributed by atoms with van der Waals surface area (Å²) in [5, 5.41) is 17.5. The van der Waals surface area contributed by atoms with E-state index in [1.807, 2.05) is 24.3 Å². The van der Waals surface area contributed by atoms with Gasteiger partial charge in [0.15, 0.2) is 11.6 Å². The average molecular weight is 384 g/mol. The lowest BCUT2D eigenvalue weighted by Gasteiger charge is -2.16. The van der Waals surface area contributed by atoms with Gasteiger partial charge in [-0.05, 0) is 48.2 Å². The second-order valence-corrected chi connectivity index (χ2v) is 6.65. The lowest BCUT2D eigenvalue weighted by Crippen LogP contribution is -2.15. The maximum atomic E-state index is 11.5. The van der Waals surface area contributed by atoms with Gasteiger partial charge in [-0.3, -0.25) is 9.59 Å². The largest absolute Gasteiger partial charge is 0.492 e. The highest BCUT2D eigenvalue weighted by Gasteiger charge is 2.19. The van der Waals surface area contributed by atoms with Gasteiger partial charge in [-0.25, -0.2) is 0 Å². The van der Waals surface area contributed by atoms with Crippen LogP contribution in [0.15, 0.2) is 36.4 Å². The molecule has 0 fully saturated rings. The predicted molar refractivity (Wildman–Crippen MR) is 103 cm³/mol. The van der Waals surface area contributed by atoms with Crippen LogP contribution in [-0.2, 0) is 12.8 Å². The highest BCUT2D eigenvalue weighted by Crippen LogP contribution is 2.26. The van der Waals surface area contributed by atoms with E-state index in [1.54, 1.807) is 12.1 Å². The maximum Gasteiger partial charge on any atom is 0.170 e. The molecule has 0 aromatic heterocycles. The number of carbonyl (C=O) groups is 2. The molecule has 148 valence electrons. The molecular formula is C22H24O6. The molecule has 4 rings (SSSR count). The van der Waals surface area contributed by atoms with Crippen LogP contribution in [0.4, 0.5) is 0 Å². The van der Waals surface area contributed by atoms with Crippen molar-refractivity contribution in [1.82, 2.24) is 0 Å². The summed E-state index contributed by atoms with van der Waals surface area (Å²) in [4.78, 5) is 23.0. The van der Waals surface area contributed by atoms with Crippen LogP contribution >= 0.6 is 0 Å². The normalized spacial score (nSPS) is 14.8. The number of ether oxygens (including phenoxy) is 2. The van der Waals surface area contributed by atoms with Gasteiger partial charge in [-0.1, -0.05) is 12.1 Å². The van der Waals surface area contributed by atoms with Gasteiger partial charge in [0.05, 0.1) is 24.3 Å². The molecule has 28 heavy (non-hydrogen) atoms. The fourth-order valence-electron chi connectivity index (χ4n) is 3.19. The maximum absolute atomic E-state index is 11.5. The van der Waals surface area contributed by atoms with E-state index < -0.39 is 0 Å². The highest BCUT2D eigenvalue weighted by atomic mass is 16.5. The van der Waals surface area contributed by atoms with E-state index in [0.717, 1.165) is 11.1 Å². The molecule has 0 atom stereocenters. The van der Waals surface area contributed by atoms with Crippen molar-refractivity contribution in [3.05, 3.63) is 58.7 Å². The second-order valence-electron chi connectivity index (χ2n) is 6.65. The molecule has 0 spiro atoms. The summed E-state index contributed by atoms with van der Waals surface area (Å²) in [5.41, 5.74) is 3.26. The van der Waals surface area contributed by atoms with Crippen molar-refractivity contribution in [3.63, 3.8) is 0 Å². The van der Waals surface area contributed by atoms with Crippen molar-refractivity contribution in [2.45, 2.75) is 25.7 Å². The molecule has 6 heteroatoms. The van der Waals surface area contributed by atoms with Crippen LogP contribution in [0.25, 0.3) is 0 Å². The number of hydrogen-bond acceptors (Lipinski definition) is 6. The summed E-state index contributed by atoms with van der Waals surface area (Å²) in [6, 6.07) is 11.0. The monoisotopic (exact) mass is 384 g/mol. The number of aliphatic hydroxyl groups excluding tert-OH is 2. The summed E-state index contributed by atoms with van der Waals surface area (Å²) in [7, 11) is 0. The summed E-state index contributed by atoms with van der Waals surface area (Å²) >= 11 is 0. The van der Waals surface area contributed by atoms with E-state index in [0.29, 0.717) is 61.5 Å². The van der Waals surface area contributed by atoms with Crippen molar-refractivity contribution < 1.29 is 29.3 Å². The van der Waals surface area contributed by atoms with Gasteiger partial charge in [-0.15, -0.1) is 0 Å². The van der Waals surface area contributed by atoms with Crippen LogP contribution in [0.1, 0.15) is 44.7 Å². The van der Waals surface area contributed by atoms with Crippen LogP contribution in [0.5, 0.6) is 11.5 Å². The number of benzene rings is 2. The van der Waals surface area contributed by atoms with Gasteiger partial charge < -0.3 is 19.7 Å². The van der Waals surface area contributed by atoms with Crippen LogP contribution < -0.4 is 9.47 Å². The molecule has 2 aliphatic rings. The molecule has 0 amide bonds. The van der Waals surface area contributed by atoms with Crippen LogP contribution in [0.2, 0.25) is 0 Å². The van der Waals surface area contributed by atoms with Gasteiger partial charge in [-0.2, -0.15) is 0 Å². The fraction of sp³-hybridized carbons (Fsp3) is 0.364. The van der Waals surface area contributed by atoms with Crippen molar-refractivity contribution in [2.75, 3.05) is 26.4 Å². The first-order valence-corrected chi connectivity index (χ1v) is 9.42. The molecule has 2 aromatic carbocycles. The predicted octanol–water partition coefficient (Wildman–Crippen LogP) is 2.37. The van der Waals surface area contributed by atoms with E-state index in [9.17, 15) is 9.59 Å². The molecule has 0 saturated heterocycles. The fourth-order valence-corrected chi connectivity index (χ4v) is 3.19. The minimum Gasteiger partial charge on any atom is -0.492 e. The number of carbonyl (C=O) groups excluding carboxylic acids is 2. The first-order valence-electron chi connectivity index (χ1n) is 9.42. The Morgan fingerprint density at radius 1 is 0.714 bits per heavy atom. The van der Waals surface area contributed by atoms with Crippen molar-refractivity contribution in [1.29, 1.82) is 0 Å². The van der Waals surface area contributed by atoms with E-state index in [2.05, 4.69) is 0 Å². The topological polar surface area (TPSA) is 93.1 Å². The first-order chi connectivity index (χ1) is 13.6. The minimum atomic E-state index is 0.105. The van der Waals surface area contributed by atoms with E-state index in [1.165, 1.54) is 0 Å². The van der Waals surface area contributed by atoms with E-state index >= 15 is 0 Å². The Kier molecular flexibility index (Phi) is 6.79. The molecule has 0 bridgehead atoms. The van der Waals surface area contributed by atoms with Crippen LogP contribution in [0.3, 0.4) is 0 Å². The zero-order chi connectivity index (χ0) is 19.9. The summed E-state index contributed by atoms with van der Waals surface area (Å²) in [5.74, 6) is 1.60. The van der Waals surface area contributed by atoms with Crippen molar-refractivity contribution in [3.8, 4) is 11.5 Å². The Morgan fingerprint density at radius 3 is 1.54 bits per heavy atom. The zero-order valence-corrected chi connectivity index (χ0v) is 15.6. The number of rotatable bonds is 4. The second kappa shape index (κ2) is 9.48. The van der Waals surface area contributed by atoms with Gasteiger partial charge in [0.2, 0.25) is 0 Å². The molecular weight excluding hydrogens is 360 g/mol. The first kappa shape index (κ1) is 20.0. The van der Waals surface area contributed by atoms with Crippen molar-refractivity contribution >= 4 is 11.6 Å². The lowest BCUT2D eigenvalue weighted by atomic mass is 10.0. The highest BCUT2D eigenvalue weighted by molar-refractivity contribution is 6.00. The van der Waals surface area contributed by atoms with Gasteiger partial charge >= 0.3 is 0 Å². The standard InChI is InChI=1S/2C11H12O3/c2*12-5-3-8-1-2-11-9(7-8)10(13)4-6-14-11/h2*1-2,7,12H,3-6H2. The van der Waals surface area contributed by atoms with Gasteiger partial charge in [0.1, 0.15) is 11.5 Å². The molecule has 2 aromatic rings. The Labute approximate surface area is 163 Å². The van der Waals surface area contributed by atoms with Crippen molar-refractivity contribution in [2.24, 2.45) is 0 Å². The number of ketones is 2. The molecule has 0 unspecified atom stereocenters. The van der Waals surface area contributed by atoms with E-state index in [4.69, 9.17) is 19.7 Å². The zero-order valence-electron chi connectivity index (χ0n) is 15.6. The Hall–Kier alpha value is -2.70. The number of fused-ring (bicyclic) bond motifs is 2. The Balaban J connectivity index is 0.000000161. The summed E-state index contributed by atoms with van der Waals surface area (Å²) in [6.45, 7) is 1.16. The number of Topliss-reactive ketones (excluding diaryl/α,β-unsaturated/α-hetero) is 2. The smallest absolute Gasteiger partial charge is 0.170 e. The Bertz CT molecular complexity index is 787. The van der Waals surface area contributed by atoms with Crippen LogP contribution in [0, 0.1) is 0 Å². The third kappa shape index (κ3) is 4.77. The number of aliphatic hydroxyl groups is 2. The summed E-state index contributed by atoms with van der Waals surface area (Å²) < 4.78 is 10.7. The quantitative estimate of drug-likeness (QED) is 0.841. The molecule has 6 nitrogen and oxygen atoms in total. The third-order valence-electron chi connectivity index (χ3n) is 4.66. The molecule has 0 radical (unpaired) electrons. The van der Waals surface area contributed by atoms with E-state index in [-0.39, 0.29) is 24.8 Å². The summed E-state index contributed by atoms with van der Waals surface area (Å²) in [6.07, 6.45) is 2.08. The average Bonchev–Trinajstić information content (AvgIpc) is 2.70. The third-order valence-corrected chi connectivity index (χ3v) is 4.66. The molecule has 2 aliphatic heterocycles. The Morgan fingerprint density at radius 2 is 1.14 bits per heavy atom. The van der Waals surface area contributed by atoms with Crippen LogP contribution in [-0.4, -0.2) is 48.2 Å². The number of hydrogen-bond donors (Lipinski definition) is 2. The lowest BCUT2D eigenvalue weighted by molar-refractivity contribution is 0.0924. The molecule has 2 N–H and O–H groups in total.